The molecule has 0 aliphatic carbocycles. The summed E-state index contributed by atoms with van der Waals surface area (Å²) in [6, 6.07) is 0. The number of hydrogen-bond donors (Lipinski definition) is 0. The maximum absolute atomic E-state index is 13.5. The molecule has 0 N–H and O–H groups in total. The van der Waals surface area contributed by atoms with Crippen LogP contribution in [0.2, 0.25) is 0 Å². The van der Waals surface area contributed by atoms with Crippen molar-refractivity contribution in [3.8, 4) is 0 Å². The fourth-order valence-electron chi connectivity index (χ4n) is 3.43. The first-order valence-corrected chi connectivity index (χ1v) is 7.79. The third-order valence-electron chi connectivity index (χ3n) is 4.63. The number of aliphatic imine (C=N–C) groups is 1. The molecule has 0 spiro atoms. The van der Waals surface area contributed by atoms with Crippen LogP contribution in [0, 0.1) is 13.8 Å². The predicted octanol–water partition coefficient (Wildman–Crippen LogP) is 4.98. The second kappa shape index (κ2) is 6.23. The highest BCUT2D eigenvalue weighted by atomic mass is 19.2. The van der Waals surface area contributed by atoms with Gasteiger partial charge in [0.15, 0.2) is 0 Å². The minimum Gasteiger partial charge on any atom is -0.329 e. The molecule has 0 unspecified atom stereocenters. The van der Waals surface area contributed by atoms with Gasteiger partial charge in [0.1, 0.15) is 0 Å². The minimum absolute atomic E-state index is 0.576. The number of hydrogen-bond acceptors (Lipinski definition) is 1. The van der Waals surface area contributed by atoms with E-state index in [9.17, 15) is 8.63 Å². The zero-order valence-corrected chi connectivity index (χ0v) is 14.2. The van der Waals surface area contributed by atoms with Gasteiger partial charge in [-0.1, -0.05) is 13.8 Å². The van der Waals surface area contributed by atoms with E-state index in [2.05, 4.69) is 11.9 Å². The number of nitrogens with zero attached hydrogens (tertiary/aromatic N) is 2. The molecule has 22 heavy (non-hydrogen) atoms. The van der Waals surface area contributed by atoms with E-state index in [1.54, 1.807) is 6.92 Å². The zero-order valence-electron chi connectivity index (χ0n) is 14.2. The quantitative estimate of drug-likeness (QED) is 0.698. The Morgan fingerprint density at radius 3 is 2.18 bits per heavy atom. The molecule has 1 aromatic rings. The van der Waals surface area contributed by atoms with E-state index in [4.69, 9.17) is 0 Å². The largest absolute Gasteiger partial charge is 0.677 e. The monoisotopic (exact) mass is 304 g/mol. The standard InChI is InChI=1S/C17H23BF2N2/c1-7-14-10(3)16(21-12(14)5)9-17-11(4)15(8-2)13(6)22(17)18(19)20/h9H,7-8H2,1-6H3/b16-9-. The van der Waals surface area contributed by atoms with Gasteiger partial charge in [-0.05, 0) is 68.9 Å². The molecule has 2 rings (SSSR count). The normalized spacial score (nSPS) is 16.7. The van der Waals surface area contributed by atoms with Gasteiger partial charge >= 0.3 is 7.40 Å². The smallest absolute Gasteiger partial charge is 0.329 e. The lowest BCUT2D eigenvalue weighted by Gasteiger charge is -2.07. The van der Waals surface area contributed by atoms with Gasteiger partial charge in [-0.25, -0.2) is 0 Å². The Morgan fingerprint density at radius 2 is 1.73 bits per heavy atom. The van der Waals surface area contributed by atoms with Crippen LogP contribution >= 0.6 is 0 Å². The first kappa shape index (κ1) is 16.7. The molecule has 1 aliphatic heterocycles. The summed E-state index contributed by atoms with van der Waals surface area (Å²) in [5, 5.41) is 0. The molecule has 118 valence electrons. The van der Waals surface area contributed by atoms with Crippen LogP contribution in [0.1, 0.15) is 56.6 Å². The first-order chi connectivity index (χ1) is 10.3. The molecular weight excluding hydrogens is 281 g/mol. The summed E-state index contributed by atoms with van der Waals surface area (Å²) >= 11 is 0. The second-order valence-corrected chi connectivity index (χ2v) is 5.76. The van der Waals surface area contributed by atoms with Crippen LogP contribution in [0.25, 0.3) is 6.08 Å². The van der Waals surface area contributed by atoms with Crippen LogP contribution in [-0.4, -0.2) is 17.6 Å². The van der Waals surface area contributed by atoms with Gasteiger partial charge in [-0.15, -0.1) is 0 Å². The van der Waals surface area contributed by atoms with E-state index in [0.717, 1.165) is 45.4 Å². The molecule has 0 amide bonds. The molecule has 2 nitrogen and oxygen atoms in total. The van der Waals surface area contributed by atoms with E-state index in [-0.39, 0.29) is 0 Å². The van der Waals surface area contributed by atoms with Gasteiger partial charge in [-0.3, -0.25) is 13.6 Å². The predicted molar refractivity (Wildman–Crippen MR) is 90.7 cm³/mol. The molecule has 0 saturated heterocycles. The zero-order chi connectivity index (χ0) is 16.6. The Morgan fingerprint density at radius 1 is 1.09 bits per heavy atom. The molecule has 5 heteroatoms. The fraction of sp³-hybridized carbons (Fsp3) is 0.471. The summed E-state index contributed by atoms with van der Waals surface area (Å²) in [5.74, 6) is 0. The van der Waals surface area contributed by atoms with Crippen LogP contribution in [0.4, 0.5) is 8.63 Å². The van der Waals surface area contributed by atoms with Crippen LogP contribution in [0.5, 0.6) is 0 Å². The Labute approximate surface area is 131 Å². The lowest BCUT2D eigenvalue weighted by molar-refractivity contribution is 0.624. The summed E-state index contributed by atoms with van der Waals surface area (Å²) < 4.78 is 28.1. The van der Waals surface area contributed by atoms with Crippen molar-refractivity contribution in [2.75, 3.05) is 0 Å². The summed E-state index contributed by atoms with van der Waals surface area (Å²) in [5.41, 5.74) is 7.27. The minimum atomic E-state index is -2.53. The third-order valence-corrected chi connectivity index (χ3v) is 4.63. The highest BCUT2D eigenvalue weighted by molar-refractivity contribution is 6.41. The maximum Gasteiger partial charge on any atom is 0.677 e. The number of halogens is 2. The molecule has 0 fully saturated rings. The van der Waals surface area contributed by atoms with Gasteiger partial charge in [-0.2, -0.15) is 0 Å². The molecule has 2 heterocycles. The average Bonchev–Trinajstić information content (AvgIpc) is 2.85. The number of allylic oxidation sites excluding steroid dienone is 2. The molecule has 0 saturated carbocycles. The van der Waals surface area contributed by atoms with Crippen molar-refractivity contribution in [2.45, 2.75) is 54.4 Å². The molecule has 0 atom stereocenters. The SMILES string of the molecule is CCC1=C(C)/C(=C/c2c(C)c(CC)c(C)n2B(F)F)N=C1C. The first-order valence-electron chi connectivity index (χ1n) is 7.79. The highest BCUT2D eigenvalue weighted by Crippen LogP contribution is 2.32. The van der Waals surface area contributed by atoms with Gasteiger partial charge in [0.25, 0.3) is 0 Å². The van der Waals surface area contributed by atoms with Crippen molar-refractivity contribution < 1.29 is 8.63 Å². The highest BCUT2D eigenvalue weighted by Gasteiger charge is 2.27. The van der Waals surface area contributed by atoms with Crippen LogP contribution in [-0.2, 0) is 6.42 Å². The Kier molecular flexibility index (Phi) is 4.73. The third kappa shape index (κ3) is 2.57. The van der Waals surface area contributed by atoms with E-state index in [0.29, 0.717) is 11.4 Å². The Hall–Kier alpha value is -1.65. The Bertz CT molecular complexity index is 694. The van der Waals surface area contributed by atoms with E-state index in [1.807, 2.05) is 33.8 Å². The van der Waals surface area contributed by atoms with Crippen LogP contribution < -0.4 is 0 Å². The van der Waals surface area contributed by atoms with Crippen molar-refractivity contribution in [1.82, 2.24) is 4.48 Å². The average molecular weight is 304 g/mol. The summed E-state index contributed by atoms with van der Waals surface area (Å²) in [4.78, 5) is 4.57. The van der Waals surface area contributed by atoms with Gasteiger partial charge in [0.2, 0.25) is 0 Å². The van der Waals surface area contributed by atoms with Crippen molar-refractivity contribution in [3.05, 3.63) is 39.4 Å². The molecule has 0 bridgehead atoms. The molecule has 1 aromatic heterocycles. The van der Waals surface area contributed by atoms with Crippen molar-refractivity contribution in [1.29, 1.82) is 0 Å². The van der Waals surface area contributed by atoms with Crippen molar-refractivity contribution >= 4 is 19.2 Å². The number of aromatic nitrogens is 1. The van der Waals surface area contributed by atoms with Crippen molar-refractivity contribution in [2.24, 2.45) is 4.99 Å². The topological polar surface area (TPSA) is 17.3 Å². The molecular formula is C17H23BF2N2. The maximum atomic E-state index is 13.5. The van der Waals surface area contributed by atoms with E-state index < -0.39 is 7.40 Å². The van der Waals surface area contributed by atoms with Gasteiger partial charge in [0, 0.05) is 17.1 Å². The van der Waals surface area contributed by atoms with E-state index in [1.165, 1.54) is 5.57 Å². The van der Waals surface area contributed by atoms with Crippen LogP contribution in [0.15, 0.2) is 21.8 Å². The fourth-order valence-corrected chi connectivity index (χ4v) is 3.43. The number of rotatable bonds is 4. The second-order valence-electron chi connectivity index (χ2n) is 5.76. The molecule has 1 aliphatic rings. The van der Waals surface area contributed by atoms with Gasteiger partial charge < -0.3 is 4.48 Å². The van der Waals surface area contributed by atoms with E-state index >= 15 is 0 Å². The summed E-state index contributed by atoms with van der Waals surface area (Å²) in [6.45, 7) is 11.8. The van der Waals surface area contributed by atoms with Crippen LogP contribution in [0.3, 0.4) is 0 Å². The summed E-state index contributed by atoms with van der Waals surface area (Å²) in [6.07, 6.45) is 3.48. The Balaban J connectivity index is 2.65. The molecule has 0 radical (unpaired) electrons. The van der Waals surface area contributed by atoms with Gasteiger partial charge in [0.05, 0.1) is 5.70 Å². The lowest BCUT2D eigenvalue weighted by atomic mass is 10.0. The summed E-state index contributed by atoms with van der Waals surface area (Å²) in [7, 11) is -2.53. The van der Waals surface area contributed by atoms with Crippen molar-refractivity contribution in [3.63, 3.8) is 0 Å². The lowest BCUT2D eigenvalue weighted by Crippen LogP contribution is -2.16. The molecule has 0 aromatic carbocycles.